The fourth-order valence-corrected chi connectivity index (χ4v) is 0.868. The van der Waals surface area contributed by atoms with Crippen molar-refractivity contribution in [2.24, 2.45) is 0 Å². The van der Waals surface area contributed by atoms with Gasteiger partial charge in [0, 0.05) is 6.07 Å². The molecule has 1 N–H and O–H groups in total. The van der Waals surface area contributed by atoms with Crippen molar-refractivity contribution < 1.29 is 28.6 Å². The van der Waals surface area contributed by atoms with Gasteiger partial charge in [-0.05, 0) is 0 Å². The first-order valence-corrected chi connectivity index (χ1v) is 3.50. The van der Waals surface area contributed by atoms with Gasteiger partial charge in [0.05, 0.1) is 7.11 Å². The average Bonchev–Trinajstić information content (AvgIpc) is 2.60. The van der Waals surface area contributed by atoms with Crippen LogP contribution in [0, 0.1) is 0 Å². The van der Waals surface area contributed by atoms with Crippen LogP contribution in [0.3, 0.4) is 0 Å². The Morgan fingerprint density at radius 1 is 1.57 bits per heavy atom. The van der Waals surface area contributed by atoms with Crippen LogP contribution >= 0.6 is 0 Å². The van der Waals surface area contributed by atoms with E-state index < -0.39 is 17.7 Å². The van der Waals surface area contributed by atoms with Gasteiger partial charge in [-0.2, -0.15) is 0 Å². The molecule has 1 rings (SSSR count). The van der Waals surface area contributed by atoms with Gasteiger partial charge >= 0.3 is 11.9 Å². The molecule has 0 fully saturated rings. The van der Waals surface area contributed by atoms with E-state index in [1.165, 1.54) is 0 Å². The van der Waals surface area contributed by atoms with Crippen LogP contribution < -0.4 is 0 Å². The number of rotatable bonds is 3. The highest BCUT2D eigenvalue weighted by atomic mass is 16.5. The van der Waals surface area contributed by atoms with Crippen LogP contribution in [0.2, 0.25) is 0 Å². The number of furan rings is 1. The minimum absolute atomic E-state index is 0.195. The molecule has 0 aliphatic heterocycles. The van der Waals surface area contributed by atoms with Crippen LogP contribution in [0.15, 0.2) is 10.5 Å². The second-order valence-electron chi connectivity index (χ2n) is 2.30. The van der Waals surface area contributed by atoms with Crippen molar-refractivity contribution in [3.05, 3.63) is 23.2 Å². The van der Waals surface area contributed by atoms with Gasteiger partial charge in [0.1, 0.15) is 5.56 Å². The van der Waals surface area contributed by atoms with Gasteiger partial charge in [0.25, 0.3) is 0 Å². The van der Waals surface area contributed by atoms with Crippen LogP contribution in [0.5, 0.6) is 0 Å². The molecule has 0 amide bonds. The summed E-state index contributed by atoms with van der Waals surface area (Å²) in [6, 6.07) is 0.942. The Kier molecular flexibility index (Phi) is 2.66. The maximum atomic E-state index is 11.0. The molecule has 0 aromatic carbocycles. The molecule has 0 aliphatic carbocycles. The predicted octanol–water partition coefficient (Wildman–Crippen LogP) is 0.577. The molecule has 0 atom stereocenters. The molecule has 0 bridgehead atoms. The Labute approximate surface area is 78.1 Å². The van der Waals surface area contributed by atoms with E-state index in [0.29, 0.717) is 0 Å². The van der Waals surface area contributed by atoms with E-state index in [4.69, 9.17) is 5.11 Å². The third kappa shape index (κ3) is 1.63. The maximum Gasteiger partial charge on any atom is 0.371 e. The molecule has 6 nitrogen and oxygen atoms in total. The summed E-state index contributed by atoms with van der Waals surface area (Å²) in [5, 5.41) is 8.51. The van der Waals surface area contributed by atoms with Crippen molar-refractivity contribution in [3.8, 4) is 0 Å². The molecule has 14 heavy (non-hydrogen) atoms. The number of carboxylic acid groups (broad SMARTS) is 1. The van der Waals surface area contributed by atoms with Crippen LogP contribution in [0.4, 0.5) is 0 Å². The monoisotopic (exact) mass is 198 g/mol. The van der Waals surface area contributed by atoms with Gasteiger partial charge in [-0.1, -0.05) is 0 Å². The smallest absolute Gasteiger partial charge is 0.371 e. The summed E-state index contributed by atoms with van der Waals surface area (Å²) in [4.78, 5) is 31.8. The molecule has 1 aromatic rings. The minimum Gasteiger partial charge on any atom is -0.475 e. The predicted molar refractivity (Wildman–Crippen MR) is 42.4 cm³/mol. The molecule has 0 spiro atoms. The number of aromatic carboxylic acids is 1. The van der Waals surface area contributed by atoms with Crippen molar-refractivity contribution in [3.63, 3.8) is 0 Å². The molecule has 0 radical (unpaired) electrons. The van der Waals surface area contributed by atoms with E-state index in [0.717, 1.165) is 13.2 Å². The molecule has 0 saturated heterocycles. The molecule has 0 unspecified atom stereocenters. The van der Waals surface area contributed by atoms with Gasteiger partial charge in [-0.3, -0.25) is 4.79 Å². The Bertz CT molecular complexity index is 389. The quantitative estimate of drug-likeness (QED) is 0.563. The lowest BCUT2D eigenvalue weighted by Crippen LogP contribution is -2.02. The highest BCUT2D eigenvalue weighted by molar-refractivity contribution is 5.99. The molecule has 6 heteroatoms. The zero-order valence-electron chi connectivity index (χ0n) is 7.14. The number of hydrogen-bond acceptors (Lipinski definition) is 5. The lowest BCUT2D eigenvalue weighted by Gasteiger charge is -1.92. The molecule has 0 saturated carbocycles. The number of ether oxygens (including phenoxy) is 1. The normalized spacial score (nSPS) is 9.50. The van der Waals surface area contributed by atoms with Gasteiger partial charge in [0.15, 0.2) is 12.0 Å². The molecule has 1 aromatic heterocycles. The van der Waals surface area contributed by atoms with E-state index >= 15 is 0 Å². The second-order valence-corrected chi connectivity index (χ2v) is 2.30. The number of carbonyl (C=O) groups is 3. The molecule has 1 heterocycles. The van der Waals surface area contributed by atoms with Crippen molar-refractivity contribution in [2.75, 3.05) is 7.11 Å². The topological polar surface area (TPSA) is 93.8 Å². The standard InChI is InChI=1S/C8H6O6/c1-13-8(12)4-2-5(7(10)11)14-6(4)3-9/h2-3H,1H3,(H,10,11). The second kappa shape index (κ2) is 3.73. The molecular weight excluding hydrogens is 192 g/mol. The summed E-state index contributed by atoms with van der Waals surface area (Å²) in [5.74, 6) is -3.01. The first kappa shape index (κ1) is 9.97. The van der Waals surface area contributed by atoms with Crippen molar-refractivity contribution in [1.82, 2.24) is 0 Å². The minimum atomic E-state index is -1.36. The highest BCUT2D eigenvalue weighted by Crippen LogP contribution is 2.14. The summed E-state index contributed by atoms with van der Waals surface area (Å²) in [5.41, 5.74) is -0.195. The van der Waals surface area contributed by atoms with Crippen molar-refractivity contribution >= 4 is 18.2 Å². The summed E-state index contributed by atoms with van der Waals surface area (Å²) in [6.07, 6.45) is 0.249. The number of carboxylic acids is 1. The summed E-state index contributed by atoms with van der Waals surface area (Å²) >= 11 is 0. The number of methoxy groups -OCH3 is 1. The molecule has 0 aliphatic rings. The van der Waals surface area contributed by atoms with E-state index in [-0.39, 0.29) is 17.6 Å². The third-order valence-corrected chi connectivity index (χ3v) is 1.48. The SMILES string of the molecule is COC(=O)c1cc(C(=O)O)oc1C=O. The van der Waals surface area contributed by atoms with Crippen LogP contribution in [-0.2, 0) is 4.74 Å². The fraction of sp³-hybridized carbons (Fsp3) is 0.125. The number of aldehydes is 1. The van der Waals surface area contributed by atoms with Crippen molar-refractivity contribution in [2.45, 2.75) is 0 Å². The first-order valence-electron chi connectivity index (χ1n) is 3.50. The summed E-state index contributed by atoms with van der Waals surface area (Å²) in [7, 11) is 1.12. The van der Waals surface area contributed by atoms with Crippen molar-refractivity contribution in [1.29, 1.82) is 0 Å². The summed E-state index contributed by atoms with van der Waals surface area (Å²) in [6.45, 7) is 0. The highest BCUT2D eigenvalue weighted by Gasteiger charge is 2.20. The zero-order chi connectivity index (χ0) is 10.7. The lowest BCUT2D eigenvalue weighted by atomic mass is 10.2. The van der Waals surface area contributed by atoms with E-state index in [1.807, 2.05) is 0 Å². The summed E-state index contributed by atoms with van der Waals surface area (Å²) < 4.78 is 8.90. The number of hydrogen-bond donors (Lipinski definition) is 1. The van der Waals surface area contributed by atoms with Gasteiger partial charge in [-0.15, -0.1) is 0 Å². The largest absolute Gasteiger partial charge is 0.475 e. The number of esters is 1. The Morgan fingerprint density at radius 2 is 2.21 bits per heavy atom. The fourth-order valence-electron chi connectivity index (χ4n) is 0.868. The molecule has 74 valence electrons. The van der Waals surface area contributed by atoms with E-state index in [2.05, 4.69) is 9.15 Å². The van der Waals surface area contributed by atoms with Crippen LogP contribution in [-0.4, -0.2) is 30.4 Å². The Balaban J connectivity index is 3.21. The first-order chi connectivity index (χ1) is 6.60. The van der Waals surface area contributed by atoms with Crippen LogP contribution in [0.25, 0.3) is 0 Å². The van der Waals surface area contributed by atoms with Crippen LogP contribution in [0.1, 0.15) is 31.5 Å². The zero-order valence-corrected chi connectivity index (χ0v) is 7.14. The molecular formula is C8H6O6. The average molecular weight is 198 g/mol. The maximum absolute atomic E-state index is 11.0. The Hall–Kier alpha value is -2.11. The van der Waals surface area contributed by atoms with Gasteiger partial charge < -0.3 is 14.3 Å². The third-order valence-electron chi connectivity index (χ3n) is 1.48. The lowest BCUT2D eigenvalue weighted by molar-refractivity contribution is 0.0595. The van der Waals surface area contributed by atoms with Gasteiger partial charge in [-0.25, -0.2) is 9.59 Å². The van der Waals surface area contributed by atoms with E-state index in [9.17, 15) is 14.4 Å². The van der Waals surface area contributed by atoms with Gasteiger partial charge in [0.2, 0.25) is 5.76 Å². The Morgan fingerprint density at radius 3 is 2.64 bits per heavy atom. The van der Waals surface area contributed by atoms with E-state index in [1.54, 1.807) is 0 Å². The number of carbonyl (C=O) groups excluding carboxylic acids is 2.